The summed E-state index contributed by atoms with van der Waals surface area (Å²) in [6, 6.07) is -0.0000580. The molecule has 0 bridgehead atoms. The molecule has 1 heterocycles. The molecule has 0 aliphatic carbocycles. The molecule has 5 nitrogen and oxygen atoms in total. The second-order valence-corrected chi connectivity index (χ2v) is 5.43. The normalized spacial score (nSPS) is 22.2. The van der Waals surface area contributed by atoms with Gasteiger partial charge in [-0.25, -0.2) is 0 Å². The summed E-state index contributed by atoms with van der Waals surface area (Å²) >= 11 is 0. The van der Waals surface area contributed by atoms with Gasteiger partial charge in [-0.3, -0.25) is 9.69 Å². The van der Waals surface area contributed by atoms with Crippen molar-refractivity contribution in [1.29, 1.82) is 0 Å². The maximum Gasteiger partial charge on any atom is 0.239 e. The van der Waals surface area contributed by atoms with Crippen LogP contribution in [0.4, 0.5) is 0 Å². The zero-order valence-electron chi connectivity index (χ0n) is 12.5. The highest BCUT2D eigenvalue weighted by Crippen LogP contribution is 2.12. The average Bonchev–Trinajstić information content (AvgIpc) is 2.35. The van der Waals surface area contributed by atoms with Crippen LogP contribution in [0.15, 0.2) is 0 Å². The van der Waals surface area contributed by atoms with Gasteiger partial charge in [-0.15, -0.1) is 12.4 Å². The molecular weight excluding hydrogens is 266 g/mol. The Labute approximate surface area is 122 Å². The number of ether oxygens (including phenoxy) is 1. The fourth-order valence-electron chi connectivity index (χ4n) is 2.23. The van der Waals surface area contributed by atoms with E-state index in [9.17, 15) is 4.79 Å². The first kappa shape index (κ1) is 18.6. The molecule has 1 unspecified atom stereocenters. The van der Waals surface area contributed by atoms with Crippen molar-refractivity contribution in [1.82, 2.24) is 9.80 Å². The van der Waals surface area contributed by atoms with Crippen molar-refractivity contribution in [3.8, 4) is 0 Å². The van der Waals surface area contributed by atoms with Gasteiger partial charge in [-0.05, 0) is 12.8 Å². The predicted octanol–water partition coefficient (Wildman–Crippen LogP) is 0.571. The summed E-state index contributed by atoms with van der Waals surface area (Å²) in [6.45, 7) is 10.2. The SMILES string of the molecule is COCCN1CCN(C(=O)[C@@H](N)C(C)C)CC1C.Cl. The Morgan fingerprint density at radius 1 is 1.42 bits per heavy atom. The van der Waals surface area contributed by atoms with Crippen molar-refractivity contribution >= 4 is 18.3 Å². The first-order valence-corrected chi connectivity index (χ1v) is 6.74. The van der Waals surface area contributed by atoms with Gasteiger partial charge in [0.25, 0.3) is 0 Å². The van der Waals surface area contributed by atoms with Gasteiger partial charge in [-0.1, -0.05) is 13.8 Å². The minimum atomic E-state index is -0.372. The van der Waals surface area contributed by atoms with Crippen LogP contribution in [0.2, 0.25) is 0 Å². The lowest BCUT2D eigenvalue weighted by Gasteiger charge is -2.40. The van der Waals surface area contributed by atoms with E-state index in [4.69, 9.17) is 10.5 Å². The highest BCUT2D eigenvalue weighted by Gasteiger charge is 2.29. The zero-order valence-corrected chi connectivity index (χ0v) is 13.3. The van der Waals surface area contributed by atoms with Crippen LogP contribution in [0, 0.1) is 5.92 Å². The van der Waals surface area contributed by atoms with Crippen molar-refractivity contribution in [3.63, 3.8) is 0 Å². The van der Waals surface area contributed by atoms with E-state index in [1.165, 1.54) is 0 Å². The third-order valence-corrected chi connectivity index (χ3v) is 3.66. The number of amides is 1. The Morgan fingerprint density at radius 3 is 2.53 bits per heavy atom. The molecule has 6 heteroatoms. The average molecular weight is 294 g/mol. The Bertz CT molecular complexity index is 277. The first-order valence-electron chi connectivity index (χ1n) is 6.74. The largest absolute Gasteiger partial charge is 0.383 e. The summed E-state index contributed by atoms with van der Waals surface area (Å²) < 4.78 is 5.09. The van der Waals surface area contributed by atoms with Crippen molar-refractivity contribution in [2.24, 2.45) is 11.7 Å². The molecule has 0 saturated carbocycles. The van der Waals surface area contributed by atoms with Gasteiger partial charge in [0.15, 0.2) is 0 Å². The summed E-state index contributed by atoms with van der Waals surface area (Å²) in [6.07, 6.45) is 0. The van der Waals surface area contributed by atoms with Gasteiger partial charge in [0.1, 0.15) is 0 Å². The lowest BCUT2D eigenvalue weighted by Crippen LogP contribution is -2.57. The third kappa shape index (κ3) is 5.26. The summed E-state index contributed by atoms with van der Waals surface area (Å²) in [4.78, 5) is 16.4. The number of nitrogens with zero attached hydrogens (tertiary/aromatic N) is 2. The lowest BCUT2D eigenvalue weighted by atomic mass is 10.0. The Morgan fingerprint density at radius 2 is 2.05 bits per heavy atom. The molecule has 2 atom stereocenters. The number of hydrogen-bond donors (Lipinski definition) is 1. The first-order chi connectivity index (χ1) is 8.47. The highest BCUT2D eigenvalue weighted by atomic mass is 35.5. The number of rotatable bonds is 5. The van der Waals surface area contributed by atoms with Gasteiger partial charge < -0.3 is 15.4 Å². The van der Waals surface area contributed by atoms with Crippen LogP contribution in [0.5, 0.6) is 0 Å². The van der Waals surface area contributed by atoms with Crippen LogP contribution >= 0.6 is 12.4 Å². The van der Waals surface area contributed by atoms with Crippen LogP contribution in [0.3, 0.4) is 0 Å². The van der Waals surface area contributed by atoms with Crippen molar-refractivity contribution in [2.45, 2.75) is 32.9 Å². The Balaban J connectivity index is 0.00000324. The molecule has 1 aliphatic rings. The molecule has 0 aromatic heterocycles. The summed E-state index contributed by atoms with van der Waals surface area (Å²) in [5.74, 6) is 0.280. The topological polar surface area (TPSA) is 58.8 Å². The molecule has 114 valence electrons. The van der Waals surface area contributed by atoms with E-state index in [-0.39, 0.29) is 30.3 Å². The van der Waals surface area contributed by atoms with Gasteiger partial charge in [0, 0.05) is 39.3 Å². The van der Waals surface area contributed by atoms with Crippen molar-refractivity contribution in [2.75, 3.05) is 39.9 Å². The molecule has 1 fully saturated rings. The van der Waals surface area contributed by atoms with Crippen LogP contribution in [0.1, 0.15) is 20.8 Å². The van der Waals surface area contributed by atoms with Crippen molar-refractivity contribution in [3.05, 3.63) is 0 Å². The Hall–Kier alpha value is -0.360. The highest BCUT2D eigenvalue weighted by molar-refractivity contribution is 5.85. The fraction of sp³-hybridized carbons (Fsp3) is 0.923. The molecular formula is C13H28ClN3O2. The maximum atomic E-state index is 12.2. The molecule has 0 radical (unpaired) electrons. The molecule has 0 aromatic carbocycles. The second-order valence-electron chi connectivity index (χ2n) is 5.43. The van der Waals surface area contributed by atoms with Crippen LogP contribution in [-0.2, 0) is 9.53 Å². The smallest absolute Gasteiger partial charge is 0.239 e. The number of nitrogens with two attached hydrogens (primary N) is 1. The molecule has 1 amide bonds. The number of carbonyl (C=O) groups is 1. The van der Waals surface area contributed by atoms with E-state index in [0.29, 0.717) is 6.04 Å². The number of carbonyl (C=O) groups excluding carboxylic acids is 1. The molecule has 19 heavy (non-hydrogen) atoms. The van der Waals surface area contributed by atoms with E-state index in [1.54, 1.807) is 7.11 Å². The van der Waals surface area contributed by atoms with Gasteiger partial charge in [0.05, 0.1) is 12.6 Å². The predicted molar refractivity (Wildman–Crippen MR) is 79.6 cm³/mol. The maximum absolute atomic E-state index is 12.2. The molecule has 0 aromatic rings. The van der Waals surface area contributed by atoms with Gasteiger partial charge >= 0.3 is 0 Å². The minimum Gasteiger partial charge on any atom is -0.383 e. The Kier molecular flexibility index (Phi) is 8.57. The lowest BCUT2D eigenvalue weighted by molar-refractivity contribution is -0.136. The molecule has 1 saturated heterocycles. The molecule has 1 rings (SSSR count). The van der Waals surface area contributed by atoms with Crippen LogP contribution < -0.4 is 5.73 Å². The summed E-state index contributed by atoms with van der Waals surface area (Å²) in [5, 5.41) is 0. The second kappa shape index (κ2) is 8.74. The van der Waals surface area contributed by atoms with Crippen molar-refractivity contribution < 1.29 is 9.53 Å². The number of hydrogen-bond acceptors (Lipinski definition) is 4. The van der Waals surface area contributed by atoms with E-state index in [1.807, 2.05) is 18.7 Å². The summed E-state index contributed by atoms with van der Waals surface area (Å²) in [5.41, 5.74) is 5.93. The van der Waals surface area contributed by atoms with Crippen LogP contribution in [-0.4, -0.2) is 67.7 Å². The molecule has 0 spiro atoms. The standard InChI is InChI=1S/C13H27N3O2.ClH/c1-10(2)12(14)13(17)16-6-5-15(7-8-18-4)11(3)9-16;/h10-12H,5-9,14H2,1-4H3;1H/t11?,12-;/m0./s1. The van der Waals surface area contributed by atoms with Crippen LogP contribution in [0.25, 0.3) is 0 Å². The van der Waals surface area contributed by atoms with Gasteiger partial charge in [-0.2, -0.15) is 0 Å². The van der Waals surface area contributed by atoms with E-state index >= 15 is 0 Å². The number of methoxy groups -OCH3 is 1. The molecule has 1 aliphatic heterocycles. The molecule has 2 N–H and O–H groups in total. The zero-order chi connectivity index (χ0) is 13.7. The van der Waals surface area contributed by atoms with Gasteiger partial charge in [0.2, 0.25) is 5.91 Å². The monoisotopic (exact) mass is 293 g/mol. The van der Waals surface area contributed by atoms with E-state index < -0.39 is 0 Å². The summed E-state index contributed by atoms with van der Waals surface area (Å²) in [7, 11) is 1.71. The van der Waals surface area contributed by atoms with E-state index in [2.05, 4.69) is 11.8 Å². The fourth-order valence-corrected chi connectivity index (χ4v) is 2.23. The number of piperazine rings is 1. The minimum absolute atomic E-state index is 0. The third-order valence-electron chi connectivity index (χ3n) is 3.66. The quantitative estimate of drug-likeness (QED) is 0.805. The number of halogens is 1. The van der Waals surface area contributed by atoms with E-state index in [0.717, 1.165) is 32.8 Å².